The Bertz CT molecular complexity index is 568. The van der Waals surface area contributed by atoms with Crippen LogP contribution in [-0.2, 0) is 13.1 Å². The maximum atomic E-state index is 4.45. The van der Waals surface area contributed by atoms with Crippen LogP contribution in [0.3, 0.4) is 0 Å². The zero-order chi connectivity index (χ0) is 14.5. The lowest BCUT2D eigenvalue weighted by atomic mass is 10.2. The topological polar surface area (TPSA) is 28.2 Å². The molecule has 1 unspecified atom stereocenters. The Morgan fingerprint density at radius 2 is 2.05 bits per heavy atom. The van der Waals surface area contributed by atoms with Crippen LogP contribution < -0.4 is 5.32 Å². The van der Waals surface area contributed by atoms with Gasteiger partial charge in [-0.25, -0.2) is 0 Å². The van der Waals surface area contributed by atoms with E-state index in [2.05, 4.69) is 58.5 Å². The molecule has 1 fully saturated rings. The van der Waals surface area contributed by atoms with Crippen LogP contribution in [0.25, 0.3) is 0 Å². The van der Waals surface area contributed by atoms with Crippen LogP contribution in [0.4, 0.5) is 0 Å². The largest absolute Gasteiger partial charge is 0.307 e. The molecule has 0 bridgehead atoms. The molecule has 2 heterocycles. The molecular weight excluding hydrogens is 258 g/mol. The summed E-state index contributed by atoms with van der Waals surface area (Å²) in [4.78, 5) is 6.98. The number of pyridine rings is 1. The lowest BCUT2D eigenvalue weighted by Gasteiger charge is -2.17. The first-order valence-corrected chi connectivity index (χ1v) is 7.71. The van der Waals surface area contributed by atoms with E-state index < -0.39 is 0 Å². The fraction of sp³-hybridized carbons (Fsp3) is 0.389. The smallest absolute Gasteiger partial charge is 0.0570 e. The van der Waals surface area contributed by atoms with Crippen molar-refractivity contribution in [2.24, 2.45) is 0 Å². The average Bonchev–Trinajstić information content (AvgIpc) is 2.95. The van der Waals surface area contributed by atoms with E-state index in [1.807, 2.05) is 12.3 Å². The summed E-state index contributed by atoms with van der Waals surface area (Å²) in [6.07, 6.45) is 3.10. The molecule has 110 valence electrons. The molecule has 1 saturated heterocycles. The Morgan fingerprint density at radius 1 is 1.19 bits per heavy atom. The molecule has 1 aliphatic rings. The Labute approximate surface area is 127 Å². The van der Waals surface area contributed by atoms with Crippen LogP contribution in [0.2, 0.25) is 0 Å². The summed E-state index contributed by atoms with van der Waals surface area (Å²) in [5, 5.41) is 3.65. The molecule has 1 aliphatic heterocycles. The first-order valence-electron chi connectivity index (χ1n) is 7.71. The molecule has 1 aromatic carbocycles. The highest BCUT2D eigenvalue weighted by atomic mass is 15.2. The molecular formula is C18H23N3. The van der Waals surface area contributed by atoms with Crippen molar-refractivity contribution in [2.75, 3.05) is 13.1 Å². The number of likely N-dealkylation sites (tertiary alicyclic amines) is 1. The van der Waals surface area contributed by atoms with Crippen LogP contribution in [-0.4, -0.2) is 29.0 Å². The van der Waals surface area contributed by atoms with Crippen molar-refractivity contribution >= 4 is 0 Å². The molecule has 0 amide bonds. The number of nitrogens with one attached hydrogen (secondary N) is 1. The summed E-state index contributed by atoms with van der Waals surface area (Å²) < 4.78 is 0. The van der Waals surface area contributed by atoms with Gasteiger partial charge in [-0.15, -0.1) is 0 Å². The minimum absolute atomic E-state index is 0.579. The van der Waals surface area contributed by atoms with Gasteiger partial charge in [-0.05, 0) is 30.5 Å². The van der Waals surface area contributed by atoms with Crippen LogP contribution in [0.5, 0.6) is 0 Å². The van der Waals surface area contributed by atoms with Crippen molar-refractivity contribution in [3.63, 3.8) is 0 Å². The van der Waals surface area contributed by atoms with Crippen molar-refractivity contribution in [1.82, 2.24) is 15.2 Å². The van der Waals surface area contributed by atoms with E-state index >= 15 is 0 Å². The molecule has 3 heteroatoms. The molecule has 0 radical (unpaired) electrons. The quantitative estimate of drug-likeness (QED) is 0.913. The Kier molecular flexibility index (Phi) is 4.63. The predicted octanol–water partition coefficient (Wildman–Crippen LogP) is 2.75. The summed E-state index contributed by atoms with van der Waals surface area (Å²) in [7, 11) is 0. The summed E-state index contributed by atoms with van der Waals surface area (Å²) in [5.74, 6) is 0. The van der Waals surface area contributed by atoms with Gasteiger partial charge in [0.1, 0.15) is 0 Å². The molecule has 1 aromatic heterocycles. The number of hydrogen-bond acceptors (Lipinski definition) is 3. The monoisotopic (exact) mass is 281 g/mol. The minimum atomic E-state index is 0.579. The summed E-state index contributed by atoms with van der Waals surface area (Å²) in [6.45, 7) is 6.35. The van der Waals surface area contributed by atoms with Crippen LogP contribution in [0.15, 0.2) is 48.7 Å². The maximum absolute atomic E-state index is 4.45. The molecule has 0 aliphatic carbocycles. The SMILES string of the molecule is Cc1cccnc1CNC1CCN(Cc2ccccc2)C1. The molecule has 1 atom stereocenters. The zero-order valence-corrected chi connectivity index (χ0v) is 12.6. The van der Waals surface area contributed by atoms with Crippen LogP contribution in [0, 0.1) is 6.92 Å². The van der Waals surface area contributed by atoms with Crippen molar-refractivity contribution < 1.29 is 0 Å². The van der Waals surface area contributed by atoms with Crippen LogP contribution >= 0.6 is 0 Å². The van der Waals surface area contributed by atoms with Crippen molar-refractivity contribution in [1.29, 1.82) is 0 Å². The van der Waals surface area contributed by atoms with Gasteiger partial charge in [0.15, 0.2) is 0 Å². The summed E-state index contributed by atoms with van der Waals surface area (Å²) >= 11 is 0. The Balaban J connectivity index is 1.48. The van der Waals surface area contributed by atoms with E-state index in [1.54, 1.807) is 0 Å². The third kappa shape index (κ3) is 3.90. The lowest BCUT2D eigenvalue weighted by molar-refractivity contribution is 0.319. The molecule has 1 N–H and O–H groups in total. The van der Waals surface area contributed by atoms with Gasteiger partial charge in [-0.2, -0.15) is 0 Å². The second-order valence-electron chi connectivity index (χ2n) is 5.85. The van der Waals surface area contributed by atoms with Crippen molar-refractivity contribution in [2.45, 2.75) is 32.5 Å². The van der Waals surface area contributed by atoms with Gasteiger partial charge in [0.25, 0.3) is 0 Å². The first kappa shape index (κ1) is 14.2. The van der Waals surface area contributed by atoms with Gasteiger partial charge >= 0.3 is 0 Å². The van der Waals surface area contributed by atoms with Crippen LogP contribution in [0.1, 0.15) is 23.2 Å². The highest BCUT2D eigenvalue weighted by Gasteiger charge is 2.21. The minimum Gasteiger partial charge on any atom is -0.307 e. The average molecular weight is 281 g/mol. The van der Waals surface area contributed by atoms with Gasteiger partial charge in [-0.1, -0.05) is 36.4 Å². The normalized spacial score (nSPS) is 19.0. The third-order valence-electron chi connectivity index (χ3n) is 4.20. The molecule has 21 heavy (non-hydrogen) atoms. The molecule has 0 saturated carbocycles. The highest BCUT2D eigenvalue weighted by Crippen LogP contribution is 2.14. The second-order valence-corrected chi connectivity index (χ2v) is 5.85. The molecule has 3 rings (SSSR count). The maximum Gasteiger partial charge on any atom is 0.0570 e. The fourth-order valence-corrected chi connectivity index (χ4v) is 2.93. The highest BCUT2D eigenvalue weighted by molar-refractivity contribution is 5.17. The van der Waals surface area contributed by atoms with Gasteiger partial charge in [0.2, 0.25) is 0 Å². The van der Waals surface area contributed by atoms with Gasteiger partial charge in [0.05, 0.1) is 5.69 Å². The predicted molar refractivity (Wildman–Crippen MR) is 85.9 cm³/mol. The Morgan fingerprint density at radius 3 is 2.86 bits per heavy atom. The second kappa shape index (κ2) is 6.83. The van der Waals surface area contributed by atoms with E-state index in [9.17, 15) is 0 Å². The number of benzene rings is 1. The fourth-order valence-electron chi connectivity index (χ4n) is 2.93. The zero-order valence-electron chi connectivity index (χ0n) is 12.6. The standard InChI is InChI=1S/C18H23N3/c1-15-6-5-10-19-18(15)12-20-17-9-11-21(14-17)13-16-7-3-2-4-8-16/h2-8,10,17,20H,9,11-14H2,1H3. The molecule has 0 spiro atoms. The number of nitrogens with zero attached hydrogens (tertiary/aromatic N) is 2. The van der Waals surface area contributed by atoms with Crippen molar-refractivity contribution in [3.05, 3.63) is 65.5 Å². The number of aryl methyl sites for hydroxylation is 1. The first-order chi connectivity index (χ1) is 10.3. The van der Waals surface area contributed by atoms with E-state index in [4.69, 9.17) is 0 Å². The molecule has 3 nitrogen and oxygen atoms in total. The lowest BCUT2D eigenvalue weighted by Crippen LogP contribution is -2.32. The van der Waals surface area contributed by atoms with E-state index in [0.29, 0.717) is 6.04 Å². The number of aromatic nitrogens is 1. The molecule has 2 aromatic rings. The Hall–Kier alpha value is -1.71. The van der Waals surface area contributed by atoms with E-state index in [0.717, 1.165) is 19.6 Å². The van der Waals surface area contributed by atoms with Gasteiger partial charge in [0, 0.05) is 38.4 Å². The summed E-state index contributed by atoms with van der Waals surface area (Å²) in [5.41, 5.74) is 3.84. The third-order valence-corrected chi connectivity index (χ3v) is 4.20. The van der Waals surface area contributed by atoms with E-state index in [1.165, 1.54) is 29.8 Å². The van der Waals surface area contributed by atoms with Gasteiger partial charge in [-0.3, -0.25) is 9.88 Å². The summed E-state index contributed by atoms with van der Waals surface area (Å²) in [6, 6.07) is 15.4. The van der Waals surface area contributed by atoms with Crippen molar-refractivity contribution in [3.8, 4) is 0 Å². The number of hydrogen-bond donors (Lipinski definition) is 1. The van der Waals surface area contributed by atoms with Gasteiger partial charge < -0.3 is 5.32 Å². The van der Waals surface area contributed by atoms with E-state index in [-0.39, 0.29) is 0 Å². The number of rotatable bonds is 5.